The van der Waals surface area contributed by atoms with Gasteiger partial charge in [-0.3, -0.25) is 4.90 Å². The van der Waals surface area contributed by atoms with Crippen molar-refractivity contribution in [2.75, 3.05) is 31.5 Å². The molecule has 4 aliphatic rings. The second-order valence-electron chi connectivity index (χ2n) is 9.90. The van der Waals surface area contributed by atoms with E-state index in [2.05, 4.69) is 15.1 Å². The summed E-state index contributed by atoms with van der Waals surface area (Å²) in [5.74, 6) is 2.18. The van der Waals surface area contributed by atoms with E-state index in [9.17, 15) is 0 Å². The first-order valence-corrected chi connectivity index (χ1v) is 13.2. The third-order valence-corrected chi connectivity index (χ3v) is 8.79. The molecule has 0 aromatic carbocycles. The van der Waals surface area contributed by atoms with Gasteiger partial charge < -0.3 is 10.2 Å². The molecule has 0 radical (unpaired) electrons. The van der Waals surface area contributed by atoms with Crippen LogP contribution in [0.1, 0.15) is 74.1 Å². The van der Waals surface area contributed by atoms with Crippen LogP contribution in [0.4, 0.5) is 5.82 Å². The number of aryl methyl sites for hydroxylation is 2. The summed E-state index contributed by atoms with van der Waals surface area (Å²) >= 11 is 1.95. The van der Waals surface area contributed by atoms with Gasteiger partial charge in [0.05, 0.1) is 11.9 Å². The maximum absolute atomic E-state index is 5.17. The zero-order valence-electron chi connectivity index (χ0n) is 18.2. The number of aromatic nitrogens is 2. The summed E-state index contributed by atoms with van der Waals surface area (Å²) in [6.07, 6.45) is 14.4. The van der Waals surface area contributed by atoms with Crippen molar-refractivity contribution < 1.29 is 0 Å². The molecule has 6 heteroatoms. The molecule has 1 N–H and O–H groups in total. The van der Waals surface area contributed by atoms with E-state index in [0.29, 0.717) is 6.04 Å². The van der Waals surface area contributed by atoms with Gasteiger partial charge in [0.2, 0.25) is 0 Å². The van der Waals surface area contributed by atoms with Gasteiger partial charge in [-0.15, -0.1) is 11.3 Å². The van der Waals surface area contributed by atoms with Crippen LogP contribution in [-0.2, 0) is 19.4 Å². The second kappa shape index (κ2) is 8.36. The molecule has 0 atom stereocenters. The normalized spacial score (nSPS) is 24.3. The molecule has 5 nitrogen and oxygen atoms in total. The Kier molecular flexibility index (Phi) is 5.42. The Hall–Kier alpha value is -1.24. The highest BCUT2D eigenvalue weighted by molar-refractivity contribution is 7.19. The highest BCUT2D eigenvalue weighted by atomic mass is 32.1. The van der Waals surface area contributed by atoms with Crippen molar-refractivity contribution in [3.05, 3.63) is 16.3 Å². The van der Waals surface area contributed by atoms with E-state index >= 15 is 0 Å². The fraction of sp³-hybridized carbons (Fsp3) is 0.750. The predicted molar refractivity (Wildman–Crippen MR) is 124 cm³/mol. The smallest absolute Gasteiger partial charge is 0.146 e. The van der Waals surface area contributed by atoms with Crippen molar-refractivity contribution in [3.8, 4) is 0 Å². The Balaban J connectivity index is 1.28. The van der Waals surface area contributed by atoms with Crippen LogP contribution in [-0.4, -0.2) is 58.0 Å². The molecule has 2 aromatic rings. The maximum Gasteiger partial charge on any atom is 0.146 e. The van der Waals surface area contributed by atoms with E-state index in [1.54, 1.807) is 10.4 Å². The highest BCUT2D eigenvalue weighted by Crippen LogP contribution is 2.39. The van der Waals surface area contributed by atoms with Crippen LogP contribution in [0, 0.1) is 0 Å². The molecule has 0 bridgehead atoms. The van der Waals surface area contributed by atoms with Gasteiger partial charge in [0.1, 0.15) is 16.5 Å². The van der Waals surface area contributed by atoms with Gasteiger partial charge in [-0.2, -0.15) is 0 Å². The molecular formula is C24H35N5S. The molecule has 30 heavy (non-hydrogen) atoms. The van der Waals surface area contributed by atoms with Crippen LogP contribution in [0.2, 0.25) is 0 Å². The van der Waals surface area contributed by atoms with Crippen molar-refractivity contribution in [2.45, 2.75) is 89.3 Å². The number of thiophene rings is 1. The number of nitrogens with one attached hydrogen (secondary N) is 1. The third-order valence-electron chi connectivity index (χ3n) is 7.61. The van der Waals surface area contributed by atoms with Crippen molar-refractivity contribution >= 4 is 27.4 Å². The lowest BCUT2D eigenvalue weighted by molar-refractivity contribution is 0.209. The summed E-state index contributed by atoms with van der Waals surface area (Å²) in [4.78, 5) is 18.3. The fourth-order valence-corrected chi connectivity index (χ4v) is 7.02. The second-order valence-corrected chi connectivity index (χ2v) is 11.0. The monoisotopic (exact) mass is 425 g/mol. The Labute approximate surface area is 184 Å². The minimum absolute atomic E-state index is 0.556. The molecule has 4 heterocycles. The quantitative estimate of drug-likeness (QED) is 0.759. The fourth-order valence-electron chi connectivity index (χ4n) is 5.74. The van der Waals surface area contributed by atoms with Crippen molar-refractivity contribution in [3.63, 3.8) is 0 Å². The van der Waals surface area contributed by atoms with Gasteiger partial charge in [-0.1, -0.05) is 6.42 Å². The van der Waals surface area contributed by atoms with Crippen LogP contribution < -0.4 is 5.32 Å². The molecule has 2 aromatic heterocycles. The molecule has 2 saturated heterocycles. The predicted octanol–water partition coefficient (Wildman–Crippen LogP) is 4.59. The van der Waals surface area contributed by atoms with E-state index in [0.717, 1.165) is 24.2 Å². The number of likely N-dealkylation sites (tertiary alicyclic amines) is 2. The van der Waals surface area contributed by atoms with Crippen LogP contribution in [0.15, 0.2) is 0 Å². The van der Waals surface area contributed by atoms with Gasteiger partial charge in [-0.25, -0.2) is 9.97 Å². The van der Waals surface area contributed by atoms with Crippen LogP contribution in [0.3, 0.4) is 0 Å². The number of anilines is 1. The molecule has 2 aliphatic heterocycles. The summed E-state index contributed by atoms with van der Waals surface area (Å²) in [5.41, 5.74) is 1.56. The standard InChI is InChI=1S/C24H35N5S/c1-4-12-28(13-5-1)16-21-26-23(25-17-10-14-29(15-11-17)18-8-9-18)22-19-6-2-3-7-20(19)30-24(22)27-21/h17-18H,1-16H2,(H,25,26,27). The van der Waals surface area contributed by atoms with Gasteiger partial charge in [0, 0.05) is 30.1 Å². The van der Waals surface area contributed by atoms with Crippen LogP contribution >= 0.6 is 11.3 Å². The van der Waals surface area contributed by atoms with E-state index < -0.39 is 0 Å². The highest BCUT2D eigenvalue weighted by Gasteiger charge is 2.32. The van der Waals surface area contributed by atoms with Crippen molar-refractivity contribution in [2.24, 2.45) is 0 Å². The molecule has 162 valence electrons. The van der Waals surface area contributed by atoms with E-state index in [4.69, 9.17) is 9.97 Å². The number of hydrogen-bond acceptors (Lipinski definition) is 6. The number of piperidine rings is 2. The molecular weight excluding hydrogens is 390 g/mol. The number of hydrogen-bond donors (Lipinski definition) is 1. The van der Waals surface area contributed by atoms with Crippen LogP contribution in [0.25, 0.3) is 10.2 Å². The lowest BCUT2D eigenvalue weighted by Gasteiger charge is -2.33. The van der Waals surface area contributed by atoms with E-state index in [-0.39, 0.29) is 0 Å². The lowest BCUT2D eigenvalue weighted by atomic mass is 9.96. The average Bonchev–Trinajstić information content (AvgIpc) is 3.55. The zero-order valence-corrected chi connectivity index (χ0v) is 19.0. The van der Waals surface area contributed by atoms with Crippen molar-refractivity contribution in [1.29, 1.82) is 0 Å². The minimum atomic E-state index is 0.556. The molecule has 6 rings (SSSR count). The SMILES string of the molecule is C1CCN(Cc2nc(NC3CCN(C4CC4)CC3)c3c4c(sc3n2)CCCC4)CC1. The van der Waals surface area contributed by atoms with Gasteiger partial charge in [0.15, 0.2) is 0 Å². The third kappa shape index (κ3) is 3.98. The first-order chi connectivity index (χ1) is 14.8. The van der Waals surface area contributed by atoms with Gasteiger partial charge in [0.25, 0.3) is 0 Å². The Morgan fingerprint density at radius 1 is 0.867 bits per heavy atom. The minimum Gasteiger partial charge on any atom is -0.367 e. The number of fused-ring (bicyclic) bond motifs is 3. The first kappa shape index (κ1) is 19.4. The Bertz CT molecular complexity index is 891. The Morgan fingerprint density at radius 2 is 1.67 bits per heavy atom. The van der Waals surface area contributed by atoms with Gasteiger partial charge in [-0.05, 0) is 82.9 Å². The first-order valence-electron chi connectivity index (χ1n) is 12.4. The molecule has 0 amide bonds. The number of rotatable bonds is 5. The summed E-state index contributed by atoms with van der Waals surface area (Å²) < 4.78 is 0. The van der Waals surface area contributed by atoms with Crippen LogP contribution in [0.5, 0.6) is 0 Å². The largest absolute Gasteiger partial charge is 0.367 e. The molecule has 1 saturated carbocycles. The summed E-state index contributed by atoms with van der Waals surface area (Å²) in [6.45, 7) is 5.81. The van der Waals surface area contributed by atoms with E-state index in [1.165, 1.54) is 107 Å². The van der Waals surface area contributed by atoms with Gasteiger partial charge >= 0.3 is 0 Å². The summed E-state index contributed by atoms with van der Waals surface area (Å²) in [6, 6.07) is 1.46. The zero-order chi connectivity index (χ0) is 19.9. The Morgan fingerprint density at radius 3 is 2.47 bits per heavy atom. The molecule has 3 fully saturated rings. The maximum atomic E-state index is 5.17. The topological polar surface area (TPSA) is 44.3 Å². The van der Waals surface area contributed by atoms with E-state index in [1.807, 2.05) is 11.3 Å². The molecule has 0 spiro atoms. The lowest BCUT2D eigenvalue weighted by Crippen LogP contribution is -2.40. The molecule has 2 aliphatic carbocycles. The molecule has 0 unspecified atom stereocenters. The summed E-state index contributed by atoms with van der Waals surface area (Å²) in [7, 11) is 0. The van der Waals surface area contributed by atoms with Crippen molar-refractivity contribution in [1.82, 2.24) is 19.8 Å². The summed E-state index contributed by atoms with van der Waals surface area (Å²) in [5, 5.41) is 5.29. The average molecular weight is 426 g/mol. The number of nitrogens with zero attached hydrogens (tertiary/aromatic N) is 4.